The molecule has 0 aromatic heterocycles. The molecule has 0 atom stereocenters. The summed E-state index contributed by atoms with van der Waals surface area (Å²) in [6, 6.07) is 31.3. The maximum absolute atomic E-state index is 13.8. The normalized spacial score (nSPS) is 11.7. The van der Waals surface area contributed by atoms with E-state index in [-0.39, 0.29) is 67.9 Å². The van der Waals surface area contributed by atoms with Crippen LogP contribution in [-0.2, 0) is 54.4 Å². The van der Waals surface area contributed by atoms with Crippen LogP contribution in [0.2, 0.25) is 9.26 Å². The molecule has 0 aliphatic heterocycles. The Morgan fingerprint density at radius 3 is 1.04 bits per heavy atom. The number of anilines is 4. The molecule has 6 aromatic carbocycles. The van der Waals surface area contributed by atoms with Gasteiger partial charge < -0.3 is 49.2 Å². The van der Waals surface area contributed by atoms with Crippen molar-refractivity contribution in [2.75, 3.05) is 64.5 Å². The number of nitrogens with zero attached hydrogens (tertiary/aromatic N) is 2. The van der Waals surface area contributed by atoms with Crippen molar-refractivity contribution in [3.63, 3.8) is 0 Å². The first-order chi connectivity index (χ1) is 36.0. The van der Waals surface area contributed by atoms with Gasteiger partial charge in [-0.2, -0.15) is 0 Å². The SMILES string of the molecule is COCCCN(c1ccccc1-c1cc(C)cc(C(C)(C)C)c1[O-])c1cc(OC)cc(C(C)(C)C)c1O.COCCCN(c1ccccc1-c1cc(C)cc(C(C)(C)C)c1[O-])c1cc(OC)cc(C(C)(C)C)c1O.[CH3][Zr+2][CH3]. The van der Waals surface area contributed by atoms with E-state index in [1.54, 1.807) is 28.4 Å². The van der Waals surface area contributed by atoms with Gasteiger partial charge in [0, 0.05) is 86.3 Å². The van der Waals surface area contributed by atoms with Gasteiger partial charge in [0.15, 0.2) is 0 Å². The van der Waals surface area contributed by atoms with Gasteiger partial charge in [-0.05, 0) is 94.9 Å². The molecule has 10 nitrogen and oxygen atoms in total. The van der Waals surface area contributed by atoms with E-state index in [1.807, 2.05) is 111 Å². The molecule has 0 radical (unpaired) electrons. The van der Waals surface area contributed by atoms with Gasteiger partial charge >= 0.3 is 32.5 Å². The van der Waals surface area contributed by atoms with Crippen LogP contribution < -0.4 is 29.5 Å². The summed E-state index contributed by atoms with van der Waals surface area (Å²) in [6.45, 7) is 31.2. The molecule has 0 bridgehead atoms. The van der Waals surface area contributed by atoms with Gasteiger partial charge in [-0.25, -0.2) is 0 Å². The summed E-state index contributed by atoms with van der Waals surface area (Å²) in [6.07, 6.45) is 1.47. The zero-order valence-corrected chi connectivity index (χ0v) is 52.7. The summed E-state index contributed by atoms with van der Waals surface area (Å²) in [5.41, 5.74) is 10.1. The maximum atomic E-state index is 13.8. The third kappa shape index (κ3) is 16.3. The van der Waals surface area contributed by atoms with Gasteiger partial charge in [0.25, 0.3) is 0 Å². The monoisotopic (exact) mass is 1130 g/mol. The van der Waals surface area contributed by atoms with E-state index in [4.69, 9.17) is 18.9 Å². The number of phenols is 2. The molecule has 2 N–H and O–H groups in total. The zero-order valence-electron chi connectivity index (χ0n) is 50.2. The first-order valence-electron chi connectivity index (χ1n) is 26.8. The van der Waals surface area contributed by atoms with E-state index in [1.165, 1.54) is 0 Å². The van der Waals surface area contributed by atoms with E-state index in [2.05, 4.69) is 102 Å². The number of hydrogen-bond acceptors (Lipinski definition) is 10. The van der Waals surface area contributed by atoms with E-state index >= 15 is 0 Å². The number of aryl methyl sites for hydroxylation is 2. The molecular weight excluding hydrogens is 1040 g/mol. The quantitative estimate of drug-likeness (QED) is 0.0904. The van der Waals surface area contributed by atoms with Crippen molar-refractivity contribution < 1.29 is 62.6 Å². The van der Waals surface area contributed by atoms with E-state index in [0.717, 1.165) is 68.7 Å². The molecule has 0 aliphatic rings. The van der Waals surface area contributed by atoms with Crippen molar-refractivity contribution in [1.82, 2.24) is 0 Å². The van der Waals surface area contributed by atoms with Gasteiger partial charge in [-0.1, -0.05) is 166 Å². The second-order valence-corrected chi connectivity index (χ2v) is 26.5. The number of methoxy groups -OCH3 is 4. The van der Waals surface area contributed by atoms with Gasteiger partial charge in [0.2, 0.25) is 0 Å². The summed E-state index contributed by atoms with van der Waals surface area (Å²) in [5.74, 6) is 1.83. The molecule has 0 amide bonds. The predicted molar refractivity (Wildman–Crippen MR) is 315 cm³/mol. The number of para-hydroxylation sites is 2. The Morgan fingerprint density at radius 2 is 0.753 bits per heavy atom. The molecular formula is C66H90N2O8Zr. The van der Waals surface area contributed by atoms with E-state index < -0.39 is 0 Å². The van der Waals surface area contributed by atoms with Crippen LogP contribution in [0.4, 0.5) is 22.7 Å². The van der Waals surface area contributed by atoms with Crippen LogP contribution in [0.15, 0.2) is 97.1 Å². The molecule has 0 aliphatic carbocycles. The fourth-order valence-electron chi connectivity index (χ4n) is 9.39. The minimum atomic E-state index is -0.300. The van der Waals surface area contributed by atoms with E-state index in [9.17, 15) is 20.4 Å². The molecule has 0 spiro atoms. The van der Waals surface area contributed by atoms with Crippen LogP contribution in [0.1, 0.15) is 129 Å². The van der Waals surface area contributed by atoms with Gasteiger partial charge in [0.1, 0.15) is 23.0 Å². The Labute approximate surface area is 475 Å². The number of rotatable bonds is 16. The standard InChI is InChI=1S/2C32H43NO4.2CH3.Zr/c2*1-21-17-24(29(34)25(18-21)31(2,3)4)23-13-10-11-14-27(23)33(15-12-16-36-8)28-20-22(37-9)19-26(30(28)35)32(5,6)7;;;/h2*10-11,13-14,17-20,34-35H,12,15-16H2,1-9H3;2*1H3;/q;;;;+2/p-2. The second kappa shape index (κ2) is 27.4. The predicted octanol–water partition coefficient (Wildman–Crippen LogP) is 15.6. The van der Waals surface area contributed by atoms with Crippen molar-refractivity contribution in [2.45, 2.75) is 141 Å². The number of hydrogen-bond donors (Lipinski definition) is 2. The van der Waals surface area contributed by atoms with Crippen molar-refractivity contribution in [3.8, 4) is 56.8 Å². The van der Waals surface area contributed by atoms with Crippen molar-refractivity contribution >= 4 is 22.7 Å². The third-order valence-electron chi connectivity index (χ3n) is 13.3. The zero-order chi connectivity index (χ0) is 57.8. The number of aromatic hydroxyl groups is 2. The molecule has 6 rings (SSSR count). The Bertz CT molecular complexity index is 2690. The molecule has 6 aromatic rings. The Hall–Kier alpha value is -5.48. The molecule has 0 fully saturated rings. The summed E-state index contributed by atoms with van der Waals surface area (Å²) >= 11 is 0.230. The Kier molecular flexibility index (Phi) is 22.8. The summed E-state index contributed by atoms with van der Waals surface area (Å²) in [5, 5.41) is 50.7. The van der Waals surface area contributed by atoms with Crippen LogP contribution in [0.3, 0.4) is 0 Å². The fourth-order valence-corrected chi connectivity index (χ4v) is 9.39. The number of benzene rings is 6. The molecule has 0 heterocycles. The minimum absolute atomic E-state index is 0.0348. The average Bonchev–Trinajstić information content (AvgIpc) is 3.35. The molecule has 0 saturated heterocycles. The fraction of sp³-hybridized carbons (Fsp3) is 0.455. The van der Waals surface area contributed by atoms with Gasteiger partial charge in [0.05, 0.1) is 25.6 Å². The molecule has 11 heteroatoms. The van der Waals surface area contributed by atoms with Crippen molar-refractivity contribution in [3.05, 3.63) is 130 Å². The van der Waals surface area contributed by atoms with Crippen LogP contribution in [0.5, 0.6) is 34.5 Å². The topological polar surface area (TPSA) is 130 Å². The number of phenolic OH excluding ortho intramolecular Hbond substituents is 2. The molecule has 77 heavy (non-hydrogen) atoms. The average molecular weight is 1130 g/mol. The molecule has 0 saturated carbocycles. The summed E-state index contributed by atoms with van der Waals surface area (Å²) < 4.78 is 26.6. The van der Waals surface area contributed by atoms with Gasteiger partial charge in [-0.15, -0.1) is 0 Å². The van der Waals surface area contributed by atoms with Crippen LogP contribution in [0.25, 0.3) is 22.3 Å². The van der Waals surface area contributed by atoms with Crippen LogP contribution in [-0.4, -0.2) is 65.0 Å². The third-order valence-corrected chi connectivity index (χ3v) is 13.3. The summed E-state index contributed by atoms with van der Waals surface area (Å²) in [7, 11) is 6.64. The molecule has 0 unspecified atom stereocenters. The number of ether oxygens (including phenoxy) is 4. The second-order valence-electron chi connectivity index (χ2n) is 24.0. The Balaban J connectivity index is 0.000000316. The van der Waals surface area contributed by atoms with Gasteiger partial charge in [-0.3, -0.25) is 0 Å². The van der Waals surface area contributed by atoms with Crippen LogP contribution >= 0.6 is 0 Å². The Morgan fingerprint density at radius 1 is 0.442 bits per heavy atom. The van der Waals surface area contributed by atoms with Crippen molar-refractivity contribution in [2.24, 2.45) is 0 Å². The summed E-state index contributed by atoms with van der Waals surface area (Å²) in [4.78, 5) is 4.17. The van der Waals surface area contributed by atoms with Crippen LogP contribution in [0, 0.1) is 13.8 Å². The van der Waals surface area contributed by atoms with Crippen molar-refractivity contribution in [1.29, 1.82) is 0 Å². The first-order valence-corrected chi connectivity index (χ1v) is 31.7. The van der Waals surface area contributed by atoms with E-state index in [0.29, 0.717) is 60.3 Å². The first kappa shape index (κ1) is 64.1. The molecule has 416 valence electrons.